The van der Waals surface area contributed by atoms with E-state index < -0.39 is 0 Å². The van der Waals surface area contributed by atoms with Gasteiger partial charge in [-0.25, -0.2) is 13.9 Å². The molecule has 2 aromatic rings. The molecule has 0 aromatic carbocycles. The van der Waals surface area contributed by atoms with Crippen molar-refractivity contribution in [1.29, 1.82) is 0 Å². The highest BCUT2D eigenvalue weighted by Gasteiger charge is 2.34. The van der Waals surface area contributed by atoms with Crippen LogP contribution in [0.15, 0.2) is 6.20 Å². The van der Waals surface area contributed by atoms with Crippen molar-refractivity contribution in [3.63, 3.8) is 0 Å². The molecule has 0 bridgehead atoms. The largest absolute Gasteiger partial charge is 0.367 e. The van der Waals surface area contributed by atoms with Gasteiger partial charge in [0.25, 0.3) is 0 Å². The Morgan fingerprint density at radius 2 is 2.18 bits per heavy atom. The zero-order valence-corrected chi connectivity index (χ0v) is 9.94. The van der Waals surface area contributed by atoms with Crippen LogP contribution in [0.3, 0.4) is 0 Å². The van der Waals surface area contributed by atoms with Crippen LogP contribution in [0, 0.1) is 5.82 Å². The minimum Gasteiger partial charge on any atom is -0.367 e. The van der Waals surface area contributed by atoms with Crippen LogP contribution in [0.5, 0.6) is 0 Å². The SMILES string of the molecule is CC(C)c1c(C2CC2)c(F)c2cnc(N)nn12. The van der Waals surface area contributed by atoms with E-state index in [4.69, 9.17) is 5.73 Å². The van der Waals surface area contributed by atoms with Crippen LogP contribution in [0.2, 0.25) is 0 Å². The molecule has 0 aliphatic heterocycles. The fourth-order valence-electron chi connectivity index (χ4n) is 2.38. The second kappa shape index (κ2) is 3.42. The fourth-order valence-corrected chi connectivity index (χ4v) is 2.38. The van der Waals surface area contributed by atoms with Crippen molar-refractivity contribution in [2.45, 2.75) is 38.5 Å². The Hall–Kier alpha value is -1.65. The predicted octanol–water partition coefficient (Wildman–Crippen LogP) is 2.45. The van der Waals surface area contributed by atoms with Gasteiger partial charge >= 0.3 is 0 Å². The molecule has 0 unspecified atom stereocenters. The highest BCUT2D eigenvalue weighted by Crippen LogP contribution is 2.46. The Morgan fingerprint density at radius 3 is 2.76 bits per heavy atom. The average Bonchev–Trinajstić information content (AvgIpc) is 3.04. The molecule has 0 spiro atoms. The van der Waals surface area contributed by atoms with Gasteiger partial charge in [-0.15, -0.1) is 5.10 Å². The number of nitrogens with zero attached hydrogens (tertiary/aromatic N) is 3. The summed E-state index contributed by atoms with van der Waals surface area (Å²) in [5, 5.41) is 4.13. The molecule has 1 aliphatic rings. The Balaban J connectivity index is 2.37. The monoisotopic (exact) mass is 234 g/mol. The molecular weight excluding hydrogens is 219 g/mol. The molecule has 0 amide bonds. The van der Waals surface area contributed by atoms with Crippen LogP contribution in [-0.4, -0.2) is 14.6 Å². The standard InChI is InChI=1S/C12H15FN4/c1-6(2)11-9(7-3-4-7)10(13)8-5-15-12(14)16-17(8)11/h5-7H,3-4H2,1-2H3,(H2,14,16). The van der Waals surface area contributed by atoms with Gasteiger partial charge in [0, 0.05) is 5.56 Å². The summed E-state index contributed by atoms with van der Waals surface area (Å²) < 4.78 is 16.0. The van der Waals surface area contributed by atoms with Crippen molar-refractivity contribution < 1.29 is 4.39 Å². The van der Waals surface area contributed by atoms with Gasteiger partial charge in [-0.2, -0.15) is 0 Å². The number of nitrogens with two attached hydrogens (primary N) is 1. The van der Waals surface area contributed by atoms with E-state index in [1.54, 1.807) is 4.52 Å². The summed E-state index contributed by atoms with van der Waals surface area (Å²) in [6.07, 6.45) is 3.60. The Kier molecular flexibility index (Phi) is 2.11. The summed E-state index contributed by atoms with van der Waals surface area (Å²) in [5.41, 5.74) is 7.77. The Bertz CT molecular complexity index is 584. The van der Waals surface area contributed by atoms with Crippen LogP contribution in [0.1, 0.15) is 49.8 Å². The third-order valence-corrected chi connectivity index (χ3v) is 3.25. The lowest BCUT2D eigenvalue weighted by molar-refractivity contribution is 0.621. The zero-order chi connectivity index (χ0) is 12.2. The van der Waals surface area contributed by atoms with E-state index >= 15 is 0 Å². The number of anilines is 1. The Morgan fingerprint density at radius 1 is 1.47 bits per heavy atom. The molecule has 0 atom stereocenters. The summed E-state index contributed by atoms with van der Waals surface area (Å²) in [5.74, 6) is 0.583. The molecule has 4 nitrogen and oxygen atoms in total. The molecule has 2 aromatic heterocycles. The van der Waals surface area contributed by atoms with Crippen LogP contribution < -0.4 is 5.73 Å². The van der Waals surface area contributed by atoms with Gasteiger partial charge in [0.05, 0.1) is 11.9 Å². The highest BCUT2D eigenvalue weighted by atomic mass is 19.1. The summed E-state index contributed by atoms with van der Waals surface area (Å²) in [4.78, 5) is 3.87. The molecule has 90 valence electrons. The van der Waals surface area contributed by atoms with Crippen molar-refractivity contribution in [2.75, 3.05) is 5.73 Å². The van der Waals surface area contributed by atoms with Gasteiger partial charge in [-0.3, -0.25) is 0 Å². The minimum absolute atomic E-state index is 0.170. The van der Waals surface area contributed by atoms with Gasteiger partial charge in [0.15, 0.2) is 5.82 Å². The Labute approximate surface area is 98.6 Å². The van der Waals surface area contributed by atoms with Crippen molar-refractivity contribution in [3.8, 4) is 0 Å². The van der Waals surface area contributed by atoms with E-state index in [1.807, 2.05) is 13.8 Å². The molecule has 0 radical (unpaired) electrons. The van der Waals surface area contributed by atoms with E-state index in [0.29, 0.717) is 11.4 Å². The molecule has 17 heavy (non-hydrogen) atoms. The normalized spacial score (nSPS) is 16.0. The second-order valence-corrected chi connectivity index (χ2v) is 4.96. The zero-order valence-electron chi connectivity index (χ0n) is 9.94. The lowest BCUT2D eigenvalue weighted by atomic mass is 10.0. The lowest BCUT2D eigenvalue weighted by Crippen LogP contribution is -2.05. The number of hydrogen-bond acceptors (Lipinski definition) is 3. The molecule has 1 aliphatic carbocycles. The van der Waals surface area contributed by atoms with E-state index in [-0.39, 0.29) is 17.7 Å². The second-order valence-electron chi connectivity index (χ2n) is 4.96. The number of nitrogen functional groups attached to an aromatic ring is 1. The van der Waals surface area contributed by atoms with Crippen molar-refractivity contribution in [2.24, 2.45) is 0 Å². The van der Waals surface area contributed by atoms with Crippen LogP contribution in [0.25, 0.3) is 5.52 Å². The molecule has 0 saturated heterocycles. The molecular formula is C12H15FN4. The third kappa shape index (κ3) is 1.49. The van der Waals surface area contributed by atoms with Crippen molar-refractivity contribution in [3.05, 3.63) is 23.3 Å². The van der Waals surface area contributed by atoms with Gasteiger partial charge < -0.3 is 5.73 Å². The van der Waals surface area contributed by atoms with E-state index in [1.165, 1.54) is 6.20 Å². The maximum absolute atomic E-state index is 14.3. The molecule has 1 fully saturated rings. The first-order valence-electron chi connectivity index (χ1n) is 5.92. The van der Waals surface area contributed by atoms with Gasteiger partial charge in [-0.1, -0.05) is 13.8 Å². The maximum atomic E-state index is 14.3. The molecule has 5 heteroatoms. The summed E-state index contributed by atoms with van der Waals surface area (Å²) >= 11 is 0. The molecule has 2 N–H and O–H groups in total. The smallest absolute Gasteiger partial charge is 0.238 e. The minimum atomic E-state index is -0.170. The topological polar surface area (TPSA) is 56.2 Å². The molecule has 2 heterocycles. The first-order chi connectivity index (χ1) is 8.09. The summed E-state index contributed by atoms with van der Waals surface area (Å²) in [6.45, 7) is 4.09. The number of aromatic nitrogens is 3. The number of halogens is 1. The quantitative estimate of drug-likeness (QED) is 0.868. The summed E-state index contributed by atoms with van der Waals surface area (Å²) in [7, 11) is 0. The average molecular weight is 234 g/mol. The summed E-state index contributed by atoms with van der Waals surface area (Å²) in [6, 6.07) is 0. The van der Waals surface area contributed by atoms with Gasteiger partial charge in [0.1, 0.15) is 5.52 Å². The van der Waals surface area contributed by atoms with E-state index in [2.05, 4.69) is 10.1 Å². The van der Waals surface area contributed by atoms with E-state index in [9.17, 15) is 4.39 Å². The first kappa shape index (κ1) is 10.5. The van der Waals surface area contributed by atoms with Crippen LogP contribution >= 0.6 is 0 Å². The fraction of sp³-hybridized carbons (Fsp3) is 0.500. The number of fused-ring (bicyclic) bond motifs is 1. The maximum Gasteiger partial charge on any atom is 0.238 e. The lowest BCUT2D eigenvalue weighted by Gasteiger charge is -2.08. The molecule has 1 saturated carbocycles. The number of rotatable bonds is 2. The van der Waals surface area contributed by atoms with Crippen LogP contribution in [0.4, 0.5) is 10.3 Å². The number of hydrogen-bond donors (Lipinski definition) is 1. The predicted molar refractivity (Wildman–Crippen MR) is 63.4 cm³/mol. The van der Waals surface area contributed by atoms with E-state index in [0.717, 1.165) is 24.1 Å². The van der Waals surface area contributed by atoms with Gasteiger partial charge in [-0.05, 0) is 24.7 Å². The third-order valence-electron chi connectivity index (χ3n) is 3.25. The molecule has 3 rings (SSSR count). The van der Waals surface area contributed by atoms with Crippen molar-refractivity contribution >= 4 is 11.5 Å². The van der Waals surface area contributed by atoms with Gasteiger partial charge in [0.2, 0.25) is 5.95 Å². The highest BCUT2D eigenvalue weighted by molar-refractivity contribution is 5.56. The van der Waals surface area contributed by atoms with Crippen LogP contribution in [-0.2, 0) is 0 Å². The first-order valence-corrected chi connectivity index (χ1v) is 5.92. The van der Waals surface area contributed by atoms with Crippen molar-refractivity contribution in [1.82, 2.24) is 14.6 Å².